The molecule has 25 heavy (non-hydrogen) atoms. The molecule has 1 aliphatic rings. The summed E-state index contributed by atoms with van der Waals surface area (Å²) in [5.41, 5.74) is 8.70. The number of rotatable bonds is 5. The predicted molar refractivity (Wildman–Crippen MR) is 101 cm³/mol. The van der Waals surface area contributed by atoms with Crippen LogP contribution in [0.4, 0.5) is 0 Å². The van der Waals surface area contributed by atoms with E-state index in [-0.39, 0.29) is 11.9 Å². The Kier molecular flexibility index (Phi) is 5.84. The van der Waals surface area contributed by atoms with Crippen molar-refractivity contribution in [2.75, 3.05) is 13.1 Å². The Morgan fingerprint density at radius 3 is 2.36 bits per heavy atom. The molecular weight excluding hydrogens is 310 g/mol. The summed E-state index contributed by atoms with van der Waals surface area (Å²) >= 11 is 0. The number of benzene rings is 2. The molecule has 3 N–H and O–H groups in total. The summed E-state index contributed by atoms with van der Waals surface area (Å²) in [4.78, 5) is 14.9. The van der Waals surface area contributed by atoms with Gasteiger partial charge in [0.15, 0.2) is 0 Å². The minimum atomic E-state index is 0.0122. The molecule has 1 heterocycles. The molecule has 1 atom stereocenters. The van der Waals surface area contributed by atoms with Crippen molar-refractivity contribution in [3.8, 4) is 0 Å². The number of nitrogens with zero attached hydrogens (tertiary/aromatic N) is 1. The summed E-state index contributed by atoms with van der Waals surface area (Å²) in [5.74, 6) is 0.0122. The normalized spacial score (nSPS) is 17.2. The van der Waals surface area contributed by atoms with Gasteiger partial charge >= 0.3 is 0 Å². The van der Waals surface area contributed by atoms with Gasteiger partial charge in [0, 0.05) is 37.3 Å². The molecule has 1 saturated heterocycles. The first-order valence-electron chi connectivity index (χ1n) is 9.06. The summed E-state index contributed by atoms with van der Waals surface area (Å²) in [5, 5.41) is 3.18. The van der Waals surface area contributed by atoms with Crippen molar-refractivity contribution in [3.63, 3.8) is 0 Å². The molecule has 1 aliphatic heterocycles. The third kappa shape index (κ3) is 4.47. The first-order chi connectivity index (χ1) is 12.2. The van der Waals surface area contributed by atoms with Crippen molar-refractivity contribution in [3.05, 3.63) is 71.3 Å². The molecule has 132 valence electrons. The molecule has 1 fully saturated rings. The van der Waals surface area contributed by atoms with E-state index in [2.05, 4.69) is 47.5 Å². The summed E-state index contributed by atoms with van der Waals surface area (Å²) < 4.78 is 0. The van der Waals surface area contributed by atoms with E-state index in [9.17, 15) is 4.79 Å². The number of hydrogen-bond acceptors (Lipinski definition) is 3. The Morgan fingerprint density at radius 2 is 1.76 bits per heavy atom. The van der Waals surface area contributed by atoms with Crippen LogP contribution in [0, 0.1) is 0 Å². The monoisotopic (exact) mass is 337 g/mol. The largest absolute Gasteiger partial charge is 0.349 e. The Balaban J connectivity index is 1.51. The van der Waals surface area contributed by atoms with Crippen LogP contribution in [-0.2, 0) is 6.54 Å². The standard InChI is InChI=1S/C21H27N3O/c1-16(18-5-3-2-4-6-18)24-13-11-20(12-14-24)23-21(25)19-9-7-17(15-22)8-10-19/h2-10,16,20H,11-15,22H2,1H3,(H,23,25). The number of carbonyl (C=O) groups is 1. The van der Waals surface area contributed by atoms with Gasteiger partial charge in [0.05, 0.1) is 0 Å². The highest BCUT2D eigenvalue weighted by atomic mass is 16.1. The van der Waals surface area contributed by atoms with Gasteiger partial charge in [0.25, 0.3) is 5.91 Å². The quantitative estimate of drug-likeness (QED) is 0.881. The van der Waals surface area contributed by atoms with Gasteiger partial charge < -0.3 is 11.1 Å². The summed E-state index contributed by atoms with van der Waals surface area (Å²) in [6, 6.07) is 18.8. The molecule has 1 unspecified atom stereocenters. The van der Waals surface area contributed by atoms with E-state index >= 15 is 0 Å². The lowest BCUT2D eigenvalue weighted by atomic mass is 10.00. The van der Waals surface area contributed by atoms with Crippen LogP contribution in [-0.4, -0.2) is 29.9 Å². The molecule has 0 spiro atoms. The van der Waals surface area contributed by atoms with Crippen molar-refractivity contribution in [2.45, 2.75) is 38.4 Å². The minimum absolute atomic E-state index is 0.0122. The molecule has 0 aliphatic carbocycles. The summed E-state index contributed by atoms with van der Waals surface area (Å²) in [6.45, 7) is 4.77. The van der Waals surface area contributed by atoms with Crippen LogP contribution in [0.15, 0.2) is 54.6 Å². The lowest BCUT2D eigenvalue weighted by molar-refractivity contribution is 0.0896. The van der Waals surface area contributed by atoms with Crippen LogP contribution in [0.2, 0.25) is 0 Å². The van der Waals surface area contributed by atoms with Crippen LogP contribution in [0.5, 0.6) is 0 Å². The van der Waals surface area contributed by atoms with E-state index < -0.39 is 0 Å². The molecule has 0 bridgehead atoms. The second-order valence-electron chi connectivity index (χ2n) is 6.77. The van der Waals surface area contributed by atoms with Gasteiger partial charge in [-0.15, -0.1) is 0 Å². The van der Waals surface area contributed by atoms with Crippen LogP contribution < -0.4 is 11.1 Å². The van der Waals surface area contributed by atoms with Crippen LogP contribution in [0.3, 0.4) is 0 Å². The van der Waals surface area contributed by atoms with E-state index in [4.69, 9.17) is 5.73 Å². The van der Waals surface area contributed by atoms with Crippen LogP contribution >= 0.6 is 0 Å². The SMILES string of the molecule is CC(c1ccccc1)N1CCC(NC(=O)c2ccc(CN)cc2)CC1. The average molecular weight is 337 g/mol. The highest BCUT2D eigenvalue weighted by molar-refractivity contribution is 5.94. The number of likely N-dealkylation sites (tertiary alicyclic amines) is 1. The number of hydrogen-bond donors (Lipinski definition) is 2. The van der Waals surface area contributed by atoms with Crippen molar-refractivity contribution in [2.24, 2.45) is 5.73 Å². The first-order valence-corrected chi connectivity index (χ1v) is 9.06. The average Bonchev–Trinajstić information content (AvgIpc) is 2.68. The Morgan fingerprint density at radius 1 is 1.12 bits per heavy atom. The molecular formula is C21H27N3O. The maximum absolute atomic E-state index is 12.4. The van der Waals surface area contributed by atoms with Crippen molar-refractivity contribution < 1.29 is 4.79 Å². The molecule has 0 radical (unpaired) electrons. The van der Waals surface area contributed by atoms with Crippen molar-refractivity contribution >= 4 is 5.91 Å². The number of amides is 1. The smallest absolute Gasteiger partial charge is 0.251 e. The molecule has 0 aromatic heterocycles. The van der Waals surface area contributed by atoms with Crippen molar-refractivity contribution in [1.82, 2.24) is 10.2 Å². The molecule has 1 amide bonds. The highest BCUT2D eigenvalue weighted by Crippen LogP contribution is 2.24. The zero-order valence-electron chi connectivity index (χ0n) is 14.8. The zero-order valence-corrected chi connectivity index (χ0v) is 14.8. The Bertz CT molecular complexity index is 676. The van der Waals surface area contributed by atoms with Gasteiger partial charge in [-0.1, -0.05) is 42.5 Å². The first kappa shape index (κ1) is 17.6. The number of nitrogens with one attached hydrogen (secondary N) is 1. The fourth-order valence-electron chi connectivity index (χ4n) is 3.43. The molecule has 3 rings (SSSR count). The van der Waals surface area contributed by atoms with Crippen LogP contribution in [0.25, 0.3) is 0 Å². The number of nitrogens with two attached hydrogens (primary N) is 1. The van der Waals surface area contributed by atoms with Gasteiger partial charge in [-0.25, -0.2) is 0 Å². The number of piperidine rings is 1. The van der Waals surface area contributed by atoms with Gasteiger partial charge in [-0.3, -0.25) is 9.69 Å². The maximum Gasteiger partial charge on any atom is 0.251 e. The van der Waals surface area contributed by atoms with Gasteiger partial charge in [0.1, 0.15) is 0 Å². The molecule has 0 saturated carbocycles. The topological polar surface area (TPSA) is 58.4 Å². The molecule has 2 aromatic carbocycles. The lowest BCUT2D eigenvalue weighted by Gasteiger charge is -2.36. The second-order valence-corrected chi connectivity index (χ2v) is 6.77. The van der Waals surface area contributed by atoms with Gasteiger partial charge in [0.2, 0.25) is 0 Å². The fraction of sp³-hybridized carbons (Fsp3) is 0.381. The molecule has 2 aromatic rings. The number of carbonyl (C=O) groups excluding carboxylic acids is 1. The summed E-state index contributed by atoms with van der Waals surface area (Å²) in [6.07, 6.45) is 1.98. The second kappa shape index (κ2) is 8.28. The zero-order chi connectivity index (χ0) is 17.6. The Labute approximate surface area is 150 Å². The van der Waals surface area contributed by atoms with Crippen LogP contribution in [0.1, 0.15) is 47.3 Å². The minimum Gasteiger partial charge on any atom is -0.349 e. The van der Waals surface area contributed by atoms with E-state index in [0.717, 1.165) is 31.5 Å². The van der Waals surface area contributed by atoms with Crippen molar-refractivity contribution in [1.29, 1.82) is 0 Å². The highest BCUT2D eigenvalue weighted by Gasteiger charge is 2.24. The van der Waals surface area contributed by atoms with Gasteiger partial charge in [-0.05, 0) is 43.0 Å². The van der Waals surface area contributed by atoms with Gasteiger partial charge in [-0.2, -0.15) is 0 Å². The summed E-state index contributed by atoms with van der Waals surface area (Å²) in [7, 11) is 0. The Hall–Kier alpha value is -2.17. The maximum atomic E-state index is 12.4. The predicted octanol–water partition coefficient (Wildman–Crippen LogP) is 3.10. The fourth-order valence-corrected chi connectivity index (χ4v) is 3.43. The third-order valence-corrected chi connectivity index (χ3v) is 5.15. The van der Waals surface area contributed by atoms with E-state index in [1.807, 2.05) is 24.3 Å². The third-order valence-electron chi connectivity index (χ3n) is 5.15. The van der Waals surface area contributed by atoms with E-state index in [1.165, 1.54) is 5.56 Å². The van der Waals surface area contributed by atoms with E-state index in [0.29, 0.717) is 18.2 Å². The lowest BCUT2D eigenvalue weighted by Crippen LogP contribution is -2.45. The molecule has 4 heteroatoms. The molecule has 4 nitrogen and oxygen atoms in total. The van der Waals surface area contributed by atoms with E-state index in [1.54, 1.807) is 0 Å².